The number of methoxy groups -OCH3 is 1. The number of rotatable bonds is 3. The van der Waals surface area contributed by atoms with Gasteiger partial charge in [-0.3, -0.25) is 9.59 Å². The first-order valence-corrected chi connectivity index (χ1v) is 7.84. The highest BCUT2D eigenvalue weighted by Gasteiger charge is 2.21. The number of halogens is 1. The van der Waals surface area contributed by atoms with Crippen molar-refractivity contribution >= 4 is 34.4 Å². The number of hydrogen-bond acceptors (Lipinski definition) is 7. The third kappa shape index (κ3) is 3.41. The lowest BCUT2D eigenvalue weighted by molar-refractivity contribution is -0.132. The lowest BCUT2D eigenvalue weighted by Gasteiger charge is -2.14. The van der Waals surface area contributed by atoms with Gasteiger partial charge in [0.1, 0.15) is 29.1 Å². The smallest absolute Gasteiger partial charge is 0.308 e. The van der Waals surface area contributed by atoms with Crippen LogP contribution in [0.25, 0.3) is 11.1 Å². The summed E-state index contributed by atoms with van der Waals surface area (Å²) >= 11 is 1.92. The summed E-state index contributed by atoms with van der Waals surface area (Å²) in [7, 11) is 1.38. The standard InChI is InChI=1S/C16H11IN4O4/c1-7(22)25-14-11(17)3-8(4-12(14)24-2)13-9(5-18)15(20)21-16(23)10(13)6-19/h3-4H,1-2H3,(H3,20,21,23). The first-order chi connectivity index (χ1) is 11.8. The minimum Gasteiger partial charge on any atom is -0.493 e. The second-order valence-corrected chi connectivity index (χ2v) is 5.96. The van der Waals surface area contributed by atoms with Crippen molar-refractivity contribution in [3.8, 4) is 34.8 Å². The van der Waals surface area contributed by atoms with Gasteiger partial charge in [0.05, 0.1) is 10.7 Å². The van der Waals surface area contributed by atoms with Crippen LogP contribution < -0.4 is 20.8 Å². The molecule has 8 nitrogen and oxygen atoms in total. The summed E-state index contributed by atoms with van der Waals surface area (Å²) in [6.07, 6.45) is 0. The lowest BCUT2D eigenvalue weighted by atomic mass is 9.96. The zero-order valence-electron chi connectivity index (χ0n) is 13.1. The highest BCUT2D eigenvalue weighted by Crippen LogP contribution is 2.39. The minimum atomic E-state index is -0.702. The molecule has 25 heavy (non-hydrogen) atoms. The Labute approximate surface area is 155 Å². The van der Waals surface area contributed by atoms with Crippen LogP contribution in [0.3, 0.4) is 0 Å². The highest BCUT2D eigenvalue weighted by molar-refractivity contribution is 14.1. The molecule has 126 valence electrons. The van der Waals surface area contributed by atoms with Gasteiger partial charge in [0.25, 0.3) is 5.56 Å². The maximum atomic E-state index is 12.0. The molecular weight excluding hydrogens is 439 g/mol. The van der Waals surface area contributed by atoms with Crippen molar-refractivity contribution in [2.45, 2.75) is 6.92 Å². The number of nitrogens with two attached hydrogens (primary N) is 1. The van der Waals surface area contributed by atoms with E-state index in [4.69, 9.17) is 15.2 Å². The normalized spacial score (nSPS) is 9.80. The number of anilines is 1. The predicted octanol–water partition coefficient (Wildman–Crippen LogP) is 1.91. The number of nitrogens with zero attached hydrogens (tertiary/aromatic N) is 2. The van der Waals surface area contributed by atoms with Crippen LogP contribution in [0.5, 0.6) is 11.5 Å². The number of carbonyl (C=O) groups excluding carboxylic acids is 1. The molecule has 0 saturated heterocycles. The van der Waals surface area contributed by atoms with E-state index in [1.54, 1.807) is 12.1 Å². The molecule has 0 fully saturated rings. The monoisotopic (exact) mass is 450 g/mol. The first kappa shape index (κ1) is 18.3. The molecule has 1 aromatic heterocycles. The van der Waals surface area contributed by atoms with Crippen LogP contribution in [0.2, 0.25) is 0 Å². The van der Waals surface area contributed by atoms with Gasteiger partial charge in [0, 0.05) is 12.5 Å². The van der Waals surface area contributed by atoms with Gasteiger partial charge in [0.2, 0.25) is 0 Å². The van der Waals surface area contributed by atoms with E-state index >= 15 is 0 Å². The van der Waals surface area contributed by atoms with Crippen LogP contribution in [-0.4, -0.2) is 18.1 Å². The summed E-state index contributed by atoms with van der Waals surface area (Å²) in [5.74, 6) is -0.253. The minimum absolute atomic E-state index is 0.0331. The zero-order chi connectivity index (χ0) is 18.7. The largest absolute Gasteiger partial charge is 0.493 e. The van der Waals surface area contributed by atoms with Crippen molar-refractivity contribution in [2.24, 2.45) is 0 Å². The molecule has 0 aliphatic heterocycles. The number of nitrogens with one attached hydrogen (secondary N) is 1. The van der Waals surface area contributed by atoms with Crippen LogP contribution in [0.15, 0.2) is 16.9 Å². The average Bonchev–Trinajstić information content (AvgIpc) is 2.55. The fraction of sp³-hybridized carbons (Fsp3) is 0.125. The van der Waals surface area contributed by atoms with Crippen molar-refractivity contribution in [2.75, 3.05) is 12.8 Å². The van der Waals surface area contributed by atoms with E-state index in [9.17, 15) is 20.1 Å². The van der Waals surface area contributed by atoms with E-state index in [2.05, 4.69) is 4.98 Å². The third-order valence-electron chi connectivity index (χ3n) is 3.23. The fourth-order valence-electron chi connectivity index (χ4n) is 2.24. The molecule has 0 aliphatic carbocycles. The molecule has 0 atom stereocenters. The molecule has 0 amide bonds. The van der Waals surface area contributed by atoms with Gasteiger partial charge < -0.3 is 20.2 Å². The molecule has 0 radical (unpaired) electrons. The molecule has 0 aliphatic rings. The summed E-state index contributed by atoms with van der Waals surface area (Å²) in [5, 5.41) is 18.7. The van der Waals surface area contributed by atoms with Gasteiger partial charge >= 0.3 is 5.97 Å². The van der Waals surface area contributed by atoms with Crippen molar-refractivity contribution in [3.63, 3.8) is 0 Å². The zero-order valence-corrected chi connectivity index (χ0v) is 15.3. The molecule has 1 aromatic carbocycles. The molecule has 0 bridgehead atoms. The van der Waals surface area contributed by atoms with Gasteiger partial charge in [-0.15, -0.1) is 0 Å². The first-order valence-electron chi connectivity index (χ1n) is 6.76. The van der Waals surface area contributed by atoms with E-state index < -0.39 is 11.5 Å². The number of H-pyrrole nitrogens is 1. The second kappa shape index (κ2) is 7.23. The molecule has 2 aromatic rings. The SMILES string of the molecule is COc1cc(-c2c(C#N)c(N)[nH]c(=O)c2C#N)cc(I)c1OC(C)=O. The van der Waals surface area contributed by atoms with Gasteiger partial charge in [-0.1, -0.05) is 0 Å². The number of hydrogen-bond donors (Lipinski definition) is 2. The summed E-state index contributed by atoms with van der Waals surface area (Å²) < 4.78 is 10.9. The van der Waals surface area contributed by atoms with Crippen LogP contribution in [0.1, 0.15) is 18.1 Å². The maximum absolute atomic E-state index is 12.0. The molecule has 3 N–H and O–H groups in total. The second-order valence-electron chi connectivity index (χ2n) is 4.80. The number of aromatic amines is 1. The lowest BCUT2D eigenvalue weighted by Crippen LogP contribution is -2.16. The van der Waals surface area contributed by atoms with Crippen LogP contribution in [-0.2, 0) is 4.79 Å². The summed E-state index contributed by atoms with van der Waals surface area (Å²) in [5.41, 5.74) is 5.18. The molecule has 2 rings (SSSR count). The summed E-state index contributed by atoms with van der Waals surface area (Å²) in [4.78, 5) is 25.5. The van der Waals surface area contributed by atoms with Gasteiger partial charge in [0.15, 0.2) is 11.5 Å². The topological polar surface area (TPSA) is 142 Å². The Morgan fingerprint density at radius 2 is 1.92 bits per heavy atom. The highest BCUT2D eigenvalue weighted by atomic mass is 127. The van der Waals surface area contributed by atoms with E-state index in [0.717, 1.165) is 0 Å². The van der Waals surface area contributed by atoms with Crippen molar-refractivity contribution in [3.05, 3.63) is 37.2 Å². The number of benzene rings is 1. The van der Waals surface area contributed by atoms with Crippen LogP contribution in [0, 0.1) is 26.2 Å². The number of aromatic nitrogens is 1. The predicted molar refractivity (Wildman–Crippen MR) is 96.9 cm³/mol. The number of nitrogen functional groups attached to an aromatic ring is 1. The number of pyridine rings is 1. The Morgan fingerprint density at radius 1 is 1.28 bits per heavy atom. The Balaban J connectivity index is 2.87. The summed E-state index contributed by atoms with van der Waals surface area (Å²) in [6.45, 7) is 1.25. The van der Waals surface area contributed by atoms with Crippen LogP contribution >= 0.6 is 22.6 Å². The van der Waals surface area contributed by atoms with Gasteiger partial charge in [-0.2, -0.15) is 10.5 Å². The third-order valence-corrected chi connectivity index (χ3v) is 4.03. The summed E-state index contributed by atoms with van der Waals surface area (Å²) in [6, 6.07) is 6.72. The molecule has 0 saturated carbocycles. The van der Waals surface area contributed by atoms with Gasteiger partial charge in [-0.25, -0.2) is 0 Å². The fourth-order valence-corrected chi connectivity index (χ4v) is 2.95. The van der Waals surface area contributed by atoms with E-state index in [1.165, 1.54) is 20.1 Å². The van der Waals surface area contributed by atoms with E-state index in [1.807, 2.05) is 28.7 Å². The maximum Gasteiger partial charge on any atom is 0.308 e. The molecular formula is C16H11IN4O4. The Bertz CT molecular complexity index is 1010. The number of ether oxygens (including phenoxy) is 2. The number of carbonyl (C=O) groups is 1. The molecule has 9 heteroatoms. The molecule has 0 unspecified atom stereocenters. The van der Waals surface area contributed by atoms with E-state index in [-0.39, 0.29) is 34.0 Å². The van der Waals surface area contributed by atoms with E-state index in [0.29, 0.717) is 9.13 Å². The van der Waals surface area contributed by atoms with Crippen molar-refractivity contribution in [1.29, 1.82) is 10.5 Å². The average molecular weight is 450 g/mol. The number of nitriles is 2. The van der Waals surface area contributed by atoms with Crippen molar-refractivity contribution in [1.82, 2.24) is 4.98 Å². The number of esters is 1. The Hall–Kier alpha value is -3.05. The molecule has 1 heterocycles. The van der Waals surface area contributed by atoms with Crippen LogP contribution in [0.4, 0.5) is 5.82 Å². The quantitative estimate of drug-likeness (QED) is 0.413. The van der Waals surface area contributed by atoms with Crippen molar-refractivity contribution < 1.29 is 14.3 Å². The van der Waals surface area contributed by atoms with Gasteiger partial charge in [-0.05, 0) is 40.3 Å². The Kier molecular flexibility index (Phi) is 5.29. The molecule has 0 spiro atoms. The Morgan fingerprint density at radius 3 is 2.44 bits per heavy atom.